The van der Waals surface area contributed by atoms with Crippen LogP contribution in [-0.4, -0.2) is 10.1 Å². The fraction of sp³-hybridized carbons (Fsp3) is 0.286. The Morgan fingerprint density at radius 2 is 1.92 bits per heavy atom. The molecule has 0 bridgehead atoms. The number of rotatable bonds is 7. The van der Waals surface area contributed by atoms with E-state index in [4.69, 9.17) is 4.74 Å². The summed E-state index contributed by atoms with van der Waals surface area (Å²) in [6, 6.07) is 19.8. The minimum atomic E-state index is -0.424. The lowest BCUT2D eigenvalue weighted by Crippen LogP contribution is -2.01. The van der Waals surface area contributed by atoms with E-state index >= 15 is 0 Å². The van der Waals surface area contributed by atoms with Gasteiger partial charge in [-0.15, -0.1) is 0 Å². The molecule has 0 saturated heterocycles. The van der Waals surface area contributed by atoms with E-state index in [0.717, 1.165) is 47.2 Å². The van der Waals surface area contributed by atoms with Gasteiger partial charge in [-0.25, -0.2) is 4.98 Å². The molecule has 0 amide bonds. The average molecular weight is 321 g/mol. The molecule has 3 nitrogen and oxygen atoms in total. The summed E-state index contributed by atoms with van der Waals surface area (Å²) >= 11 is 0. The first kappa shape index (κ1) is 16.5. The van der Waals surface area contributed by atoms with E-state index in [1.165, 1.54) is 0 Å². The maximum Gasteiger partial charge on any atom is 0.130 e. The standard InChI is InChI=1S/C21H23NO2/c1-2-3-11-21(23)17-8-6-9-19(14-17)24-15-18-13-12-16-7-4-5-10-20(16)22-18/h4-10,12-14,21,23H,2-3,11,15H2,1H3. The van der Waals surface area contributed by atoms with Gasteiger partial charge in [-0.05, 0) is 36.2 Å². The third kappa shape index (κ3) is 4.12. The molecule has 0 spiro atoms. The van der Waals surface area contributed by atoms with Crippen LogP contribution in [0.3, 0.4) is 0 Å². The lowest BCUT2D eigenvalue weighted by molar-refractivity contribution is 0.163. The van der Waals surface area contributed by atoms with Crippen molar-refractivity contribution in [3.8, 4) is 5.75 Å². The Bertz CT molecular complexity index is 800. The Morgan fingerprint density at radius 3 is 2.79 bits per heavy atom. The molecule has 0 aliphatic carbocycles. The summed E-state index contributed by atoms with van der Waals surface area (Å²) in [5.74, 6) is 0.762. The van der Waals surface area contributed by atoms with Crippen LogP contribution in [0.25, 0.3) is 10.9 Å². The minimum absolute atomic E-state index is 0.416. The molecule has 0 saturated carbocycles. The first-order chi connectivity index (χ1) is 11.8. The van der Waals surface area contributed by atoms with Crippen LogP contribution >= 0.6 is 0 Å². The summed E-state index contributed by atoms with van der Waals surface area (Å²) in [6.45, 7) is 2.54. The van der Waals surface area contributed by atoms with E-state index < -0.39 is 6.10 Å². The van der Waals surface area contributed by atoms with Crippen LogP contribution in [0.15, 0.2) is 60.7 Å². The van der Waals surface area contributed by atoms with Crippen molar-refractivity contribution in [3.63, 3.8) is 0 Å². The zero-order chi connectivity index (χ0) is 16.8. The van der Waals surface area contributed by atoms with Gasteiger partial charge in [0.15, 0.2) is 0 Å². The molecule has 0 aliphatic heterocycles. The first-order valence-corrected chi connectivity index (χ1v) is 8.52. The predicted molar refractivity (Wildman–Crippen MR) is 97.0 cm³/mol. The van der Waals surface area contributed by atoms with E-state index in [0.29, 0.717) is 6.61 Å². The highest BCUT2D eigenvalue weighted by molar-refractivity contribution is 5.78. The number of fused-ring (bicyclic) bond motifs is 1. The molecular weight excluding hydrogens is 298 g/mol. The van der Waals surface area contributed by atoms with Crippen molar-refractivity contribution in [3.05, 3.63) is 71.9 Å². The third-order valence-corrected chi connectivity index (χ3v) is 4.12. The van der Waals surface area contributed by atoms with E-state index in [2.05, 4.69) is 18.0 Å². The Morgan fingerprint density at radius 1 is 1.04 bits per heavy atom. The van der Waals surface area contributed by atoms with Gasteiger partial charge in [0.25, 0.3) is 0 Å². The maximum absolute atomic E-state index is 10.2. The fourth-order valence-electron chi connectivity index (χ4n) is 2.72. The molecule has 24 heavy (non-hydrogen) atoms. The van der Waals surface area contributed by atoms with Crippen LogP contribution in [0, 0.1) is 0 Å². The van der Waals surface area contributed by atoms with E-state index in [1.54, 1.807) is 0 Å². The Labute approximate surface area is 142 Å². The van der Waals surface area contributed by atoms with Crippen LogP contribution < -0.4 is 4.74 Å². The van der Waals surface area contributed by atoms with Crippen LogP contribution in [0.1, 0.15) is 43.5 Å². The minimum Gasteiger partial charge on any atom is -0.487 e. The molecular formula is C21H23NO2. The molecule has 3 aromatic rings. The third-order valence-electron chi connectivity index (χ3n) is 4.12. The van der Waals surface area contributed by atoms with Crippen molar-refractivity contribution < 1.29 is 9.84 Å². The summed E-state index contributed by atoms with van der Waals surface area (Å²) < 4.78 is 5.86. The molecule has 0 radical (unpaired) electrons. The number of benzene rings is 2. The summed E-state index contributed by atoms with van der Waals surface area (Å²) in [7, 11) is 0. The molecule has 3 heteroatoms. The van der Waals surface area contributed by atoms with Crippen LogP contribution in [-0.2, 0) is 6.61 Å². The highest BCUT2D eigenvalue weighted by Gasteiger charge is 2.08. The molecule has 0 fully saturated rings. The molecule has 124 valence electrons. The van der Waals surface area contributed by atoms with E-state index in [1.807, 2.05) is 54.6 Å². The smallest absolute Gasteiger partial charge is 0.130 e. The van der Waals surface area contributed by atoms with Gasteiger partial charge >= 0.3 is 0 Å². The number of nitrogens with zero attached hydrogens (tertiary/aromatic N) is 1. The largest absolute Gasteiger partial charge is 0.487 e. The second-order valence-electron chi connectivity index (χ2n) is 6.01. The van der Waals surface area contributed by atoms with Gasteiger partial charge in [0.2, 0.25) is 0 Å². The molecule has 2 aromatic carbocycles. The summed E-state index contributed by atoms with van der Waals surface area (Å²) in [6.07, 6.45) is 2.47. The van der Waals surface area contributed by atoms with Gasteiger partial charge < -0.3 is 9.84 Å². The van der Waals surface area contributed by atoms with Gasteiger partial charge in [0, 0.05) is 5.39 Å². The molecule has 1 atom stereocenters. The highest BCUT2D eigenvalue weighted by atomic mass is 16.5. The van der Waals surface area contributed by atoms with Crippen molar-refractivity contribution in [1.82, 2.24) is 4.98 Å². The number of para-hydroxylation sites is 1. The van der Waals surface area contributed by atoms with Crippen LogP contribution in [0.2, 0.25) is 0 Å². The molecule has 3 rings (SSSR count). The van der Waals surface area contributed by atoms with Crippen molar-refractivity contribution in [2.45, 2.75) is 38.9 Å². The van der Waals surface area contributed by atoms with Gasteiger partial charge in [-0.1, -0.05) is 56.2 Å². The van der Waals surface area contributed by atoms with Crippen molar-refractivity contribution in [2.75, 3.05) is 0 Å². The lowest BCUT2D eigenvalue weighted by atomic mass is 10.0. The predicted octanol–water partition coefficient (Wildman–Crippen LogP) is 5.04. The SMILES string of the molecule is CCCCC(O)c1cccc(OCc2ccc3ccccc3n2)c1. The number of hydrogen-bond acceptors (Lipinski definition) is 3. The van der Waals surface area contributed by atoms with Crippen molar-refractivity contribution in [1.29, 1.82) is 0 Å². The highest BCUT2D eigenvalue weighted by Crippen LogP contribution is 2.24. The second kappa shape index (κ2) is 7.93. The Hall–Kier alpha value is -2.39. The topological polar surface area (TPSA) is 42.4 Å². The summed E-state index contributed by atoms with van der Waals surface area (Å²) in [5, 5.41) is 11.3. The normalized spacial score (nSPS) is 12.2. The second-order valence-corrected chi connectivity index (χ2v) is 6.01. The number of ether oxygens (including phenoxy) is 1. The Balaban J connectivity index is 1.67. The van der Waals surface area contributed by atoms with Crippen molar-refractivity contribution in [2.24, 2.45) is 0 Å². The number of pyridine rings is 1. The molecule has 1 N–H and O–H groups in total. The first-order valence-electron chi connectivity index (χ1n) is 8.52. The van der Waals surface area contributed by atoms with E-state index in [9.17, 15) is 5.11 Å². The maximum atomic E-state index is 10.2. The van der Waals surface area contributed by atoms with Crippen LogP contribution in [0.5, 0.6) is 5.75 Å². The fourth-order valence-corrected chi connectivity index (χ4v) is 2.72. The van der Waals surface area contributed by atoms with Crippen LogP contribution in [0.4, 0.5) is 0 Å². The summed E-state index contributed by atoms with van der Waals surface area (Å²) in [5.41, 5.74) is 2.78. The molecule has 0 aliphatic rings. The average Bonchev–Trinajstić information content (AvgIpc) is 2.64. The van der Waals surface area contributed by atoms with Gasteiger partial charge in [-0.2, -0.15) is 0 Å². The van der Waals surface area contributed by atoms with Crippen molar-refractivity contribution >= 4 is 10.9 Å². The summed E-state index contributed by atoms with van der Waals surface area (Å²) in [4.78, 5) is 4.61. The zero-order valence-electron chi connectivity index (χ0n) is 14.0. The van der Waals surface area contributed by atoms with Gasteiger partial charge in [-0.3, -0.25) is 0 Å². The number of aliphatic hydroxyl groups is 1. The number of unbranched alkanes of at least 4 members (excludes halogenated alkanes) is 1. The Kier molecular flexibility index (Phi) is 5.44. The zero-order valence-corrected chi connectivity index (χ0v) is 14.0. The van der Waals surface area contributed by atoms with Gasteiger partial charge in [0.05, 0.1) is 17.3 Å². The lowest BCUT2D eigenvalue weighted by Gasteiger charge is -2.12. The molecule has 1 unspecified atom stereocenters. The number of aromatic nitrogens is 1. The molecule has 1 aromatic heterocycles. The molecule has 1 heterocycles. The number of aliphatic hydroxyl groups excluding tert-OH is 1. The number of hydrogen-bond donors (Lipinski definition) is 1. The van der Waals surface area contributed by atoms with E-state index in [-0.39, 0.29) is 0 Å². The van der Waals surface area contributed by atoms with Gasteiger partial charge in [0.1, 0.15) is 12.4 Å². The quantitative estimate of drug-likeness (QED) is 0.663. The monoisotopic (exact) mass is 321 g/mol.